The summed E-state index contributed by atoms with van der Waals surface area (Å²) >= 11 is 0. The van der Waals surface area contributed by atoms with Crippen molar-refractivity contribution in [3.63, 3.8) is 0 Å². The molecule has 140 valence electrons. The van der Waals surface area contributed by atoms with Crippen molar-refractivity contribution in [3.8, 4) is 0 Å². The molecule has 0 amide bonds. The summed E-state index contributed by atoms with van der Waals surface area (Å²) in [6.45, 7) is 5.61. The number of rotatable bonds is 10. The van der Waals surface area contributed by atoms with Crippen molar-refractivity contribution in [3.05, 3.63) is 48.6 Å². The molecule has 1 aromatic carbocycles. The number of unbranched alkanes of at least 4 members (excludes halogenated alkanes) is 3. The Bertz CT molecular complexity index is 543. The van der Waals surface area contributed by atoms with E-state index in [4.69, 9.17) is 9.47 Å². The second-order valence-electron chi connectivity index (χ2n) is 5.78. The number of halogens is 3. The lowest BCUT2D eigenvalue weighted by atomic mass is 9.92. The van der Waals surface area contributed by atoms with Crippen LogP contribution in [0.3, 0.4) is 0 Å². The average molecular weight is 358 g/mol. The Kier molecular flexibility index (Phi) is 8.16. The van der Waals surface area contributed by atoms with Crippen molar-refractivity contribution in [2.45, 2.75) is 56.9 Å². The van der Waals surface area contributed by atoms with Gasteiger partial charge in [0, 0.05) is 12.7 Å². The SMILES string of the molecule is C=CC(CCCCCC)OC(=O)[C@](OC)(c1ccccc1)C(F)(F)F. The number of benzene rings is 1. The summed E-state index contributed by atoms with van der Waals surface area (Å²) in [5.74, 6) is -1.48. The minimum absolute atomic E-state index is 0.316. The molecule has 0 saturated heterocycles. The van der Waals surface area contributed by atoms with Crippen LogP contribution in [0.5, 0.6) is 0 Å². The second kappa shape index (κ2) is 9.61. The third-order valence-electron chi connectivity index (χ3n) is 4.04. The van der Waals surface area contributed by atoms with Crippen LogP contribution < -0.4 is 0 Å². The number of carbonyl (C=O) groups excluding carboxylic acids is 1. The first kappa shape index (κ1) is 21.2. The number of alkyl halides is 3. The van der Waals surface area contributed by atoms with Gasteiger partial charge in [0.1, 0.15) is 6.10 Å². The smallest absolute Gasteiger partial charge is 0.432 e. The first-order valence-corrected chi connectivity index (χ1v) is 8.34. The van der Waals surface area contributed by atoms with E-state index in [9.17, 15) is 18.0 Å². The summed E-state index contributed by atoms with van der Waals surface area (Å²) in [6, 6.07) is 6.78. The van der Waals surface area contributed by atoms with E-state index in [-0.39, 0.29) is 5.56 Å². The van der Waals surface area contributed by atoms with Crippen molar-refractivity contribution in [1.82, 2.24) is 0 Å². The Balaban J connectivity index is 3.02. The molecule has 0 aliphatic rings. The third-order valence-corrected chi connectivity index (χ3v) is 4.04. The first-order chi connectivity index (χ1) is 11.8. The van der Waals surface area contributed by atoms with E-state index < -0.39 is 23.9 Å². The largest absolute Gasteiger partial charge is 0.455 e. The predicted octanol–water partition coefficient (Wildman–Crippen LogP) is 5.16. The van der Waals surface area contributed by atoms with Gasteiger partial charge in [-0.1, -0.05) is 69.2 Å². The van der Waals surface area contributed by atoms with Gasteiger partial charge in [0.05, 0.1) is 0 Å². The topological polar surface area (TPSA) is 35.5 Å². The lowest BCUT2D eigenvalue weighted by molar-refractivity contribution is -0.277. The molecule has 0 heterocycles. The number of esters is 1. The molecule has 0 radical (unpaired) electrons. The molecule has 3 nitrogen and oxygen atoms in total. The van der Waals surface area contributed by atoms with Gasteiger partial charge in [-0.15, -0.1) is 0 Å². The normalized spacial score (nSPS) is 15.2. The molecular formula is C19H25F3O3. The molecule has 0 saturated carbocycles. The monoisotopic (exact) mass is 358 g/mol. The number of ether oxygens (including phenoxy) is 2. The first-order valence-electron chi connectivity index (χ1n) is 8.34. The minimum atomic E-state index is -4.96. The summed E-state index contributed by atoms with van der Waals surface area (Å²) < 4.78 is 51.1. The maximum atomic E-state index is 13.8. The molecule has 1 unspecified atom stereocenters. The second-order valence-corrected chi connectivity index (χ2v) is 5.78. The fourth-order valence-corrected chi connectivity index (χ4v) is 2.60. The summed E-state index contributed by atoms with van der Waals surface area (Å²) in [4.78, 5) is 12.5. The molecule has 6 heteroatoms. The van der Waals surface area contributed by atoms with E-state index in [1.54, 1.807) is 6.07 Å². The minimum Gasteiger partial charge on any atom is -0.455 e. The Morgan fingerprint density at radius 1 is 1.20 bits per heavy atom. The summed E-state index contributed by atoms with van der Waals surface area (Å²) in [7, 11) is 0.853. The lowest BCUT2D eigenvalue weighted by Gasteiger charge is -2.33. The van der Waals surface area contributed by atoms with Gasteiger partial charge in [-0.25, -0.2) is 4.79 Å². The number of hydrogen-bond donors (Lipinski definition) is 0. The molecule has 0 aromatic heterocycles. The third kappa shape index (κ3) is 5.08. The van der Waals surface area contributed by atoms with Crippen LogP contribution >= 0.6 is 0 Å². The summed E-state index contributed by atoms with van der Waals surface area (Å²) in [6.07, 6.45) is -0.243. The molecule has 1 rings (SSSR count). The molecule has 0 aliphatic heterocycles. The van der Waals surface area contributed by atoms with Gasteiger partial charge >= 0.3 is 12.1 Å². The van der Waals surface area contributed by atoms with Crippen LogP contribution in [0.15, 0.2) is 43.0 Å². The molecule has 0 N–H and O–H groups in total. The molecule has 1 aromatic rings. The highest BCUT2D eigenvalue weighted by atomic mass is 19.4. The standard InChI is InChI=1S/C19H25F3O3/c1-4-6-7-11-14-16(5-2)25-17(23)18(24-3,19(20,21)22)15-12-9-8-10-13-15/h5,8-10,12-13,16H,2,4,6-7,11,14H2,1,3H3/t16?,18-/m1/s1. The number of hydrogen-bond acceptors (Lipinski definition) is 3. The zero-order valence-corrected chi connectivity index (χ0v) is 14.6. The highest BCUT2D eigenvalue weighted by Crippen LogP contribution is 2.43. The zero-order valence-electron chi connectivity index (χ0n) is 14.6. The lowest BCUT2D eigenvalue weighted by Crippen LogP contribution is -2.52. The summed E-state index contributed by atoms with van der Waals surface area (Å²) in [5.41, 5.74) is -3.47. The highest BCUT2D eigenvalue weighted by Gasteiger charge is 2.64. The van der Waals surface area contributed by atoms with Gasteiger partial charge in [-0.2, -0.15) is 13.2 Å². The maximum Gasteiger partial charge on any atom is 0.432 e. The molecule has 0 aliphatic carbocycles. The van der Waals surface area contributed by atoms with Crippen LogP contribution in [0.2, 0.25) is 0 Å². The van der Waals surface area contributed by atoms with E-state index >= 15 is 0 Å². The van der Waals surface area contributed by atoms with E-state index in [0.29, 0.717) is 6.42 Å². The Morgan fingerprint density at radius 2 is 1.84 bits per heavy atom. The Labute approximate surface area is 146 Å². The van der Waals surface area contributed by atoms with Crippen molar-refractivity contribution in [2.24, 2.45) is 0 Å². The molecule has 25 heavy (non-hydrogen) atoms. The van der Waals surface area contributed by atoms with E-state index in [1.807, 2.05) is 0 Å². The fraction of sp³-hybridized carbons (Fsp3) is 0.526. The van der Waals surface area contributed by atoms with Crippen LogP contribution in [0.1, 0.15) is 44.6 Å². The Morgan fingerprint density at radius 3 is 2.32 bits per heavy atom. The average Bonchev–Trinajstić information content (AvgIpc) is 2.58. The molecule has 0 fully saturated rings. The van der Waals surface area contributed by atoms with Crippen LogP contribution in [-0.4, -0.2) is 25.4 Å². The quantitative estimate of drug-likeness (QED) is 0.329. The Hall–Kier alpha value is -1.82. The van der Waals surface area contributed by atoms with Gasteiger partial charge in [-0.05, 0) is 12.8 Å². The van der Waals surface area contributed by atoms with Crippen LogP contribution in [0.4, 0.5) is 13.2 Å². The molecular weight excluding hydrogens is 333 g/mol. The number of carbonyl (C=O) groups is 1. The highest BCUT2D eigenvalue weighted by molar-refractivity contribution is 5.83. The van der Waals surface area contributed by atoms with E-state index in [1.165, 1.54) is 30.3 Å². The van der Waals surface area contributed by atoms with Crippen molar-refractivity contribution < 1.29 is 27.4 Å². The van der Waals surface area contributed by atoms with E-state index in [0.717, 1.165) is 32.8 Å². The fourth-order valence-electron chi connectivity index (χ4n) is 2.60. The number of methoxy groups -OCH3 is 1. The predicted molar refractivity (Wildman–Crippen MR) is 90.0 cm³/mol. The zero-order chi connectivity index (χ0) is 18.9. The van der Waals surface area contributed by atoms with Crippen molar-refractivity contribution in [1.29, 1.82) is 0 Å². The molecule has 0 spiro atoms. The van der Waals surface area contributed by atoms with Crippen LogP contribution in [-0.2, 0) is 19.9 Å². The van der Waals surface area contributed by atoms with Crippen LogP contribution in [0, 0.1) is 0 Å². The van der Waals surface area contributed by atoms with Gasteiger partial charge in [0.25, 0.3) is 5.60 Å². The van der Waals surface area contributed by atoms with Gasteiger partial charge in [0.2, 0.25) is 0 Å². The van der Waals surface area contributed by atoms with Crippen molar-refractivity contribution >= 4 is 5.97 Å². The van der Waals surface area contributed by atoms with Gasteiger partial charge < -0.3 is 9.47 Å². The van der Waals surface area contributed by atoms with Crippen LogP contribution in [0.25, 0.3) is 0 Å². The molecule has 2 atom stereocenters. The van der Waals surface area contributed by atoms with E-state index in [2.05, 4.69) is 13.5 Å². The maximum absolute atomic E-state index is 13.8. The van der Waals surface area contributed by atoms with Gasteiger partial charge in [0.15, 0.2) is 0 Å². The van der Waals surface area contributed by atoms with Crippen molar-refractivity contribution in [2.75, 3.05) is 7.11 Å². The van der Waals surface area contributed by atoms with Gasteiger partial charge in [-0.3, -0.25) is 0 Å². The molecule has 0 bridgehead atoms. The summed E-state index contributed by atoms with van der Waals surface area (Å²) in [5, 5.41) is 0.